The lowest BCUT2D eigenvalue weighted by Gasteiger charge is -2.36. The molecule has 0 spiro atoms. The fourth-order valence-electron chi connectivity index (χ4n) is 3.36. The number of hydrogen-bond donors (Lipinski definition) is 3. The Balaban J connectivity index is 1.91. The van der Waals surface area contributed by atoms with Crippen LogP contribution in [0.5, 0.6) is 0 Å². The van der Waals surface area contributed by atoms with Crippen LogP contribution in [0.4, 0.5) is 0 Å². The molecule has 1 aliphatic carbocycles. The molecule has 1 aromatic heterocycles. The lowest BCUT2D eigenvalue weighted by atomic mass is 9.77. The maximum Gasteiger partial charge on any atom is 0.329 e. The van der Waals surface area contributed by atoms with Crippen molar-refractivity contribution in [3.8, 4) is 5.69 Å². The zero-order valence-electron chi connectivity index (χ0n) is 15.0. The summed E-state index contributed by atoms with van der Waals surface area (Å²) < 4.78 is 1.29. The predicted octanol–water partition coefficient (Wildman–Crippen LogP) is 1.73. The Bertz CT molecular complexity index is 867. The highest BCUT2D eigenvalue weighted by Crippen LogP contribution is 2.32. The summed E-state index contributed by atoms with van der Waals surface area (Å²) in [6, 6.07) is 10.1. The maximum atomic E-state index is 12.7. The number of hydrogen-bond acceptors (Lipinski definition) is 4. The number of carbonyl (C=O) groups excluding carboxylic acids is 2. The smallest absolute Gasteiger partial charge is 0.329 e. The van der Waals surface area contributed by atoms with Crippen LogP contribution in [-0.4, -0.2) is 38.2 Å². The van der Waals surface area contributed by atoms with Crippen LogP contribution in [0.3, 0.4) is 0 Å². The number of amides is 2. The highest BCUT2D eigenvalue weighted by Gasteiger charge is 2.43. The fourth-order valence-corrected chi connectivity index (χ4v) is 3.36. The summed E-state index contributed by atoms with van der Waals surface area (Å²) in [6.07, 6.45) is 2.16. The monoisotopic (exact) mass is 370 g/mol. The normalized spacial score (nSPS) is 22.2. The number of carboxylic acid groups (broad SMARTS) is 1. The first-order chi connectivity index (χ1) is 12.8. The van der Waals surface area contributed by atoms with Crippen molar-refractivity contribution < 1.29 is 19.5 Å². The summed E-state index contributed by atoms with van der Waals surface area (Å²) in [4.78, 5) is 36.3. The van der Waals surface area contributed by atoms with Crippen molar-refractivity contribution >= 4 is 17.8 Å². The van der Waals surface area contributed by atoms with Crippen molar-refractivity contribution in [1.29, 1.82) is 0 Å². The SMILES string of the molecule is CC1CCC(NC(=O)c2cc(C(N)=O)n(-c3ccccc3)n2)(C(=O)O)CC1. The zero-order chi connectivity index (χ0) is 19.6. The molecule has 142 valence electrons. The van der Waals surface area contributed by atoms with E-state index >= 15 is 0 Å². The van der Waals surface area contributed by atoms with Crippen molar-refractivity contribution in [3.05, 3.63) is 47.8 Å². The van der Waals surface area contributed by atoms with Crippen LogP contribution >= 0.6 is 0 Å². The number of primary amides is 1. The summed E-state index contributed by atoms with van der Waals surface area (Å²) in [5.41, 5.74) is 4.67. The minimum absolute atomic E-state index is 0.0491. The fraction of sp³-hybridized carbons (Fsp3) is 0.368. The first-order valence-electron chi connectivity index (χ1n) is 8.83. The molecule has 1 aromatic carbocycles. The van der Waals surface area contributed by atoms with Crippen molar-refractivity contribution in [3.63, 3.8) is 0 Å². The minimum atomic E-state index is -1.31. The average molecular weight is 370 g/mol. The van der Waals surface area contributed by atoms with E-state index in [9.17, 15) is 19.5 Å². The maximum absolute atomic E-state index is 12.7. The van der Waals surface area contributed by atoms with E-state index in [1.807, 2.05) is 6.07 Å². The summed E-state index contributed by atoms with van der Waals surface area (Å²) >= 11 is 0. The van der Waals surface area contributed by atoms with Crippen LogP contribution in [0, 0.1) is 5.92 Å². The summed E-state index contributed by atoms with van der Waals surface area (Å²) in [5, 5.41) is 16.5. The molecular weight excluding hydrogens is 348 g/mol. The van der Waals surface area contributed by atoms with E-state index in [4.69, 9.17) is 5.73 Å². The number of benzene rings is 1. The van der Waals surface area contributed by atoms with Crippen LogP contribution in [0.1, 0.15) is 53.6 Å². The van der Waals surface area contributed by atoms with Crippen LogP contribution in [0.15, 0.2) is 36.4 Å². The molecule has 1 aliphatic rings. The second kappa shape index (κ2) is 7.22. The number of carboxylic acids is 1. The van der Waals surface area contributed by atoms with Crippen molar-refractivity contribution in [2.24, 2.45) is 11.7 Å². The molecule has 3 rings (SSSR count). The lowest BCUT2D eigenvalue weighted by molar-refractivity contribution is -0.146. The van der Waals surface area contributed by atoms with Gasteiger partial charge in [0.25, 0.3) is 11.8 Å². The van der Waals surface area contributed by atoms with Gasteiger partial charge in [0.05, 0.1) is 5.69 Å². The molecule has 2 aromatic rings. The second-order valence-electron chi connectivity index (χ2n) is 7.05. The number of nitrogens with two attached hydrogens (primary N) is 1. The van der Waals surface area contributed by atoms with Gasteiger partial charge in [-0.3, -0.25) is 9.59 Å². The number of para-hydroxylation sites is 1. The van der Waals surface area contributed by atoms with Gasteiger partial charge in [-0.15, -0.1) is 0 Å². The van der Waals surface area contributed by atoms with Crippen LogP contribution in [-0.2, 0) is 4.79 Å². The Hall–Kier alpha value is -3.16. The third-order valence-electron chi connectivity index (χ3n) is 5.09. The molecule has 4 N–H and O–H groups in total. The van der Waals surface area contributed by atoms with Gasteiger partial charge in [-0.05, 0) is 43.7 Å². The molecule has 0 unspecified atom stereocenters. The lowest BCUT2D eigenvalue weighted by Crippen LogP contribution is -2.56. The average Bonchev–Trinajstić information content (AvgIpc) is 3.10. The molecule has 0 atom stereocenters. The second-order valence-corrected chi connectivity index (χ2v) is 7.05. The van der Waals surface area contributed by atoms with Gasteiger partial charge in [-0.25, -0.2) is 9.48 Å². The van der Waals surface area contributed by atoms with Crippen LogP contribution < -0.4 is 11.1 Å². The molecule has 1 heterocycles. The quantitative estimate of drug-likeness (QED) is 0.739. The van der Waals surface area contributed by atoms with E-state index in [0.717, 1.165) is 12.8 Å². The Labute approximate surface area is 156 Å². The van der Waals surface area contributed by atoms with Gasteiger partial charge in [0.15, 0.2) is 5.69 Å². The largest absolute Gasteiger partial charge is 0.480 e. The molecule has 27 heavy (non-hydrogen) atoms. The van der Waals surface area contributed by atoms with Gasteiger partial charge in [0, 0.05) is 6.07 Å². The molecule has 0 aliphatic heterocycles. The predicted molar refractivity (Wildman–Crippen MR) is 97.5 cm³/mol. The Morgan fingerprint density at radius 3 is 2.41 bits per heavy atom. The molecule has 2 amide bonds. The Morgan fingerprint density at radius 2 is 1.85 bits per heavy atom. The van der Waals surface area contributed by atoms with E-state index in [1.165, 1.54) is 10.7 Å². The van der Waals surface area contributed by atoms with Gasteiger partial charge in [-0.1, -0.05) is 25.1 Å². The zero-order valence-corrected chi connectivity index (χ0v) is 15.0. The highest BCUT2D eigenvalue weighted by molar-refractivity contribution is 5.99. The molecule has 8 heteroatoms. The topological polar surface area (TPSA) is 127 Å². The third kappa shape index (κ3) is 3.69. The number of carbonyl (C=O) groups is 3. The molecule has 1 fully saturated rings. The van der Waals surface area contributed by atoms with E-state index in [-0.39, 0.29) is 11.4 Å². The third-order valence-corrected chi connectivity index (χ3v) is 5.09. The number of aromatic nitrogens is 2. The van der Waals surface area contributed by atoms with E-state index in [0.29, 0.717) is 24.4 Å². The Morgan fingerprint density at radius 1 is 1.22 bits per heavy atom. The molecule has 0 radical (unpaired) electrons. The Kier molecular flexibility index (Phi) is 4.98. The van der Waals surface area contributed by atoms with Crippen LogP contribution in [0.25, 0.3) is 5.69 Å². The summed E-state index contributed by atoms with van der Waals surface area (Å²) in [7, 11) is 0. The van der Waals surface area contributed by atoms with Crippen molar-refractivity contribution in [2.45, 2.75) is 38.1 Å². The molecular formula is C19H22N4O4. The number of nitrogens with zero attached hydrogens (tertiary/aromatic N) is 2. The van der Waals surface area contributed by atoms with Gasteiger partial charge < -0.3 is 16.2 Å². The standard InChI is InChI=1S/C19H22N4O4/c1-12-7-9-19(10-8-12,18(26)27)21-17(25)14-11-15(16(20)24)23(22-14)13-5-3-2-4-6-13/h2-6,11-12H,7-10H2,1H3,(H2,20,24)(H,21,25)(H,26,27). The van der Waals surface area contributed by atoms with Crippen molar-refractivity contribution in [2.75, 3.05) is 0 Å². The molecule has 8 nitrogen and oxygen atoms in total. The highest BCUT2D eigenvalue weighted by atomic mass is 16.4. The first-order valence-corrected chi connectivity index (χ1v) is 8.83. The summed E-state index contributed by atoms with van der Waals surface area (Å²) in [6.45, 7) is 2.06. The van der Waals surface area contributed by atoms with Gasteiger partial charge in [-0.2, -0.15) is 5.10 Å². The van der Waals surface area contributed by atoms with Gasteiger partial charge in [0.1, 0.15) is 11.2 Å². The van der Waals surface area contributed by atoms with E-state index in [1.54, 1.807) is 24.3 Å². The van der Waals surface area contributed by atoms with Crippen LogP contribution in [0.2, 0.25) is 0 Å². The van der Waals surface area contributed by atoms with Gasteiger partial charge in [0.2, 0.25) is 0 Å². The van der Waals surface area contributed by atoms with Gasteiger partial charge >= 0.3 is 5.97 Å². The number of rotatable bonds is 5. The summed E-state index contributed by atoms with van der Waals surface area (Å²) in [5.74, 6) is -2.00. The number of aliphatic carboxylic acids is 1. The first kappa shape index (κ1) is 18.6. The van der Waals surface area contributed by atoms with Crippen molar-refractivity contribution in [1.82, 2.24) is 15.1 Å². The van der Waals surface area contributed by atoms with E-state index < -0.39 is 23.3 Å². The number of nitrogens with one attached hydrogen (secondary N) is 1. The minimum Gasteiger partial charge on any atom is -0.480 e. The molecule has 0 bridgehead atoms. The molecule has 1 saturated carbocycles. The van der Waals surface area contributed by atoms with E-state index in [2.05, 4.69) is 17.3 Å². The molecule has 0 saturated heterocycles.